The number of hydrogen-bond acceptors (Lipinski definition) is 4. The Morgan fingerprint density at radius 2 is 1.78 bits per heavy atom. The number of nitrogens with zero attached hydrogens (tertiary/aromatic N) is 1. The average Bonchev–Trinajstić information content (AvgIpc) is 3.06. The van der Waals surface area contributed by atoms with E-state index >= 15 is 0 Å². The third kappa shape index (κ3) is 5.46. The summed E-state index contributed by atoms with van der Waals surface area (Å²) in [5, 5.41) is 5.72. The number of sulfonamides is 1. The largest absolute Gasteiger partial charge is 0.352 e. The van der Waals surface area contributed by atoms with Gasteiger partial charge in [-0.25, -0.2) is 8.42 Å². The molecule has 6 nitrogen and oxygen atoms in total. The number of carbonyl (C=O) groups excluding carboxylic acids is 1. The van der Waals surface area contributed by atoms with Crippen LogP contribution in [0.15, 0.2) is 29.2 Å². The van der Waals surface area contributed by atoms with Crippen molar-refractivity contribution in [3.8, 4) is 0 Å². The Bertz CT molecular complexity index is 599. The molecule has 0 spiro atoms. The molecule has 0 saturated carbocycles. The maximum atomic E-state index is 12.4. The molecule has 1 aliphatic heterocycles. The number of amides is 1. The second kappa shape index (κ2) is 9.22. The molecule has 1 aliphatic rings. The Balaban J connectivity index is 0.00000264. The highest BCUT2D eigenvalue weighted by Gasteiger charge is 2.26. The minimum atomic E-state index is -3.36. The molecule has 1 fully saturated rings. The maximum Gasteiger partial charge on any atom is 0.243 e. The van der Waals surface area contributed by atoms with Gasteiger partial charge in [-0.2, -0.15) is 4.31 Å². The fourth-order valence-electron chi connectivity index (χ4n) is 2.38. The summed E-state index contributed by atoms with van der Waals surface area (Å²) in [5.41, 5.74) is 0.887. The van der Waals surface area contributed by atoms with Crippen LogP contribution < -0.4 is 10.6 Å². The fourth-order valence-corrected chi connectivity index (χ4v) is 3.90. The van der Waals surface area contributed by atoms with Crippen LogP contribution in [0, 0.1) is 0 Å². The quantitative estimate of drug-likeness (QED) is 0.762. The number of hydrogen-bond donors (Lipinski definition) is 2. The van der Waals surface area contributed by atoms with Crippen molar-refractivity contribution in [2.45, 2.75) is 30.7 Å². The second-order valence-electron chi connectivity index (χ2n) is 5.39. The van der Waals surface area contributed by atoms with E-state index < -0.39 is 10.0 Å². The molecule has 1 aromatic carbocycles. The first-order chi connectivity index (χ1) is 10.5. The smallest absolute Gasteiger partial charge is 0.243 e. The lowest BCUT2D eigenvalue weighted by atomic mass is 10.2. The first kappa shape index (κ1) is 19.9. The van der Waals surface area contributed by atoms with Crippen molar-refractivity contribution >= 4 is 28.3 Å². The lowest BCUT2D eigenvalue weighted by Gasteiger charge is -2.15. The lowest BCUT2D eigenvalue weighted by Crippen LogP contribution is -2.28. The van der Waals surface area contributed by atoms with E-state index in [-0.39, 0.29) is 18.3 Å². The number of rotatable bonds is 7. The second-order valence-corrected chi connectivity index (χ2v) is 7.32. The van der Waals surface area contributed by atoms with Crippen molar-refractivity contribution in [3.63, 3.8) is 0 Å². The summed E-state index contributed by atoms with van der Waals surface area (Å²) in [4.78, 5) is 11.8. The van der Waals surface area contributed by atoms with Crippen LogP contribution in [0.4, 0.5) is 0 Å². The van der Waals surface area contributed by atoms with E-state index in [4.69, 9.17) is 0 Å². The van der Waals surface area contributed by atoms with Gasteiger partial charge in [0.15, 0.2) is 0 Å². The summed E-state index contributed by atoms with van der Waals surface area (Å²) in [6.45, 7) is 2.25. The van der Waals surface area contributed by atoms with Gasteiger partial charge in [-0.15, -0.1) is 12.4 Å². The summed E-state index contributed by atoms with van der Waals surface area (Å²) in [5.74, 6) is -0.0249. The minimum Gasteiger partial charge on any atom is -0.352 e. The molecule has 0 bridgehead atoms. The molecule has 23 heavy (non-hydrogen) atoms. The molecule has 8 heteroatoms. The number of nitrogens with one attached hydrogen (secondary N) is 2. The standard InChI is InChI=1S/C15H23N3O3S.ClH/c1-16-9-8-15(19)17-12-13-4-6-14(7-5-13)22(20,21)18-10-2-3-11-18;/h4-7,16H,2-3,8-12H2,1H3,(H,17,19);1H. The topological polar surface area (TPSA) is 78.5 Å². The van der Waals surface area contributed by atoms with E-state index in [1.807, 2.05) is 0 Å². The highest BCUT2D eigenvalue weighted by Crippen LogP contribution is 2.20. The van der Waals surface area contributed by atoms with Crippen LogP contribution in [-0.4, -0.2) is 45.3 Å². The zero-order valence-electron chi connectivity index (χ0n) is 13.2. The van der Waals surface area contributed by atoms with Gasteiger partial charge in [0.05, 0.1) is 4.90 Å². The summed E-state index contributed by atoms with van der Waals surface area (Å²) in [6.07, 6.45) is 2.28. The Kier molecular flexibility index (Phi) is 7.98. The zero-order valence-corrected chi connectivity index (χ0v) is 14.9. The van der Waals surface area contributed by atoms with E-state index in [0.717, 1.165) is 18.4 Å². The van der Waals surface area contributed by atoms with Crippen LogP contribution in [0.3, 0.4) is 0 Å². The highest BCUT2D eigenvalue weighted by molar-refractivity contribution is 7.89. The Morgan fingerprint density at radius 3 is 2.35 bits per heavy atom. The monoisotopic (exact) mass is 361 g/mol. The molecule has 0 unspecified atom stereocenters. The summed E-state index contributed by atoms with van der Waals surface area (Å²) >= 11 is 0. The number of benzene rings is 1. The molecule has 0 aliphatic carbocycles. The molecule has 1 saturated heterocycles. The molecule has 0 atom stereocenters. The van der Waals surface area contributed by atoms with Gasteiger partial charge >= 0.3 is 0 Å². The molecule has 0 radical (unpaired) electrons. The van der Waals surface area contributed by atoms with Gasteiger partial charge in [0.25, 0.3) is 0 Å². The minimum absolute atomic E-state index is 0. The Labute approximate surface area is 144 Å². The van der Waals surface area contributed by atoms with Crippen molar-refractivity contribution in [1.29, 1.82) is 0 Å². The van der Waals surface area contributed by atoms with Crippen LogP contribution in [0.25, 0.3) is 0 Å². The van der Waals surface area contributed by atoms with Crippen LogP contribution in [0.2, 0.25) is 0 Å². The Hall–Kier alpha value is -1.15. The third-order valence-corrected chi connectivity index (χ3v) is 5.63. The van der Waals surface area contributed by atoms with Crippen molar-refractivity contribution in [1.82, 2.24) is 14.9 Å². The van der Waals surface area contributed by atoms with E-state index in [1.165, 1.54) is 4.31 Å². The predicted octanol–water partition coefficient (Wildman–Crippen LogP) is 1.12. The first-order valence-electron chi connectivity index (χ1n) is 7.54. The van der Waals surface area contributed by atoms with Crippen molar-refractivity contribution < 1.29 is 13.2 Å². The van der Waals surface area contributed by atoms with Gasteiger partial charge in [0.2, 0.25) is 15.9 Å². The maximum absolute atomic E-state index is 12.4. The highest BCUT2D eigenvalue weighted by atomic mass is 35.5. The average molecular weight is 362 g/mol. The zero-order chi connectivity index (χ0) is 16.0. The van der Waals surface area contributed by atoms with Gasteiger partial charge in [-0.05, 0) is 37.6 Å². The van der Waals surface area contributed by atoms with Crippen LogP contribution in [0.1, 0.15) is 24.8 Å². The van der Waals surface area contributed by atoms with E-state index in [1.54, 1.807) is 31.3 Å². The predicted molar refractivity (Wildman–Crippen MR) is 92.1 cm³/mol. The van der Waals surface area contributed by atoms with Gasteiger partial charge < -0.3 is 10.6 Å². The van der Waals surface area contributed by atoms with Crippen molar-refractivity contribution in [2.75, 3.05) is 26.7 Å². The molecule has 2 N–H and O–H groups in total. The van der Waals surface area contributed by atoms with Crippen LogP contribution in [0.5, 0.6) is 0 Å². The molecule has 130 valence electrons. The summed E-state index contributed by atoms with van der Waals surface area (Å²) in [6, 6.07) is 6.73. The molecular formula is C15H24ClN3O3S. The van der Waals surface area contributed by atoms with E-state index in [0.29, 0.717) is 37.5 Å². The SMILES string of the molecule is CNCCC(=O)NCc1ccc(S(=O)(=O)N2CCCC2)cc1.Cl. The normalized spacial score (nSPS) is 15.2. The van der Waals surface area contributed by atoms with Crippen LogP contribution >= 0.6 is 12.4 Å². The first-order valence-corrected chi connectivity index (χ1v) is 8.98. The summed E-state index contributed by atoms with van der Waals surface area (Å²) in [7, 11) is -1.56. The van der Waals surface area contributed by atoms with Gasteiger partial charge in [-0.1, -0.05) is 12.1 Å². The van der Waals surface area contributed by atoms with Crippen molar-refractivity contribution in [3.05, 3.63) is 29.8 Å². The summed E-state index contributed by atoms with van der Waals surface area (Å²) < 4.78 is 26.3. The number of carbonyl (C=O) groups is 1. The number of halogens is 1. The van der Waals surface area contributed by atoms with E-state index in [9.17, 15) is 13.2 Å². The lowest BCUT2D eigenvalue weighted by molar-refractivity contribution is -0.121. The molecule has 1 aromatic rings. The molecule has 1 amide bonds. The Morgan fingerprint density at radius 1 is 1.17 bits per heavy atom. The molecule has 0 aromatic heterocycles. The van der Waals surface area contributed by atoms with Gasteiger partial charge in [-0.3, -0.25) is 4.79 Å². The molecule has 1 heterocycles. The van der Waals surface area contributed by atoms with E-state index in [2.05, 4.69) is 10.6 Å². The molecule has 2 rings (SSSR count). The molecular weight excluding hydrogens is 338 g/mol. The van der Waals surface area contributed by atoms with Crippen LogP contribution in [-0.2, 0) is 21.4 Å². The van der Waals surface area contributed by atoms with Gasteiger partial charge in [0, 0.05) is 32.6 Å². The van der Waals surface area contributed by atoms with Crippen molar-refractivity contribution in [2.24, 2.45) is 0 Å². The van der Waals surface area contributed by atoms with Gasteiger partial charge in [0.1, 0.15) is 0 Å². The third-order valence-electron chi connectivity index (χ3n) is 3.72. The fraction of sp³-hybridized carbons (Fsp3) is 0.533.